The lowest BCUT2D eigenvalue weighted by molar-refractivity contribution is -0.129. The van der Waals surface area contributed by atoms with Gasteiger partial charge >= 0.3 is 0 Å². The van der Waals surface area contributed by atoms with Crippen LogP contribution in [0.25, 0.3) is 0 Å². The summed E-state index contributed by atoms with van der Waals surface area (Å²) >= 11 is 0. The van der Waals surface area contributed by atoms with Crippen LogP contribution in [-0.2, 0) is 16.0 Å². The van der Waals surface area contributed by atoms with Crippen LogP contribution in [0.2, 0.25) is 0 Å². The summed E-state index contributed by atoms with van der Waals surface area (Å²) in [6.45, 7) is 0. The van der Waals surface area contributed by atoms with E-state index >= 15 is 0 Å². The number of hydrogen-bond donors (Lipinski definition) is 0. The Kier molecular flexibility index (Phi) is 4.94. The van der Waals surface area contributed by atoms with Crippen molar-refractivity contribution in [3.8, 4) is 0 Å². The number of ether oxygens (including phenoxy) is 1. The van der Waals surface area contributed by atoms with E-state index in [1.54, 1.807) is 7.11 Å². The molecule has 1 fully saturated rings. The van der Waals surface area contributed by atoms with Gasteiger partial charge < -0.3 is 4.74 Å². The quantitative estimate of drug-likeness (QED) is 0.796. The maximum atomic E-state index is 11.9. The number of hydrogen-bond acceptors (Lipinski definition) is 2. The average molecular weight is 246 g/mol. The Morgan fingerprint density at radius 1 is 1.28 bits per heavy atom. The van der Waals surface area contributed by atoms with Gasteiger partial charge in [0.25, 0.3) is 0 Å². The highest BCUT2D eigenvalue weighted by atomic mass is 16.5. The molecule has 18 heavy (non-hydrogen) atoms. The molecular formula is C16H22O2. The van der Waals surface area contributed by atoms with Gasteiger partial charge in [0.15, 0.2) is 0 Å². The van der Waals surface area contributed by atoms with Crippen molar-refractivity contribution in [3.05, 3.63) is 35.9 Å². The molecule has 0 heterocycles. The zero-order valence-corrected chi connectivity index (χ0v) is 11.1. The minimum atomic E-state index is 0.0954. The first-order valence-electron chi connectivity index (χ1n) is 6.90. The third-order valence-corrected chi connectivity index (χ3v) is 3.91. The minimum absolute atomic E-state index is 0.0954. The lowest BCUT2D eigenvalue weighted by Crippen LogP contribution is -2.32. The van der Waals surface area contributed by atoms with E-state index in [1.165, 1.54) is 12.0 Å². The topological polar surface area (TPSA) is 26.3 Å². The van der Waals surface area contributed by atoms with Gasteiger partial charge in [-0.1, -0.05) is 36.8 Å². The van der Waals surface area contributed by atoms with Crippen molar-refractivity contribution in [1.29, 1.82) is 0 Å². The van der Waals surface area contributed by atoms with E-state index in [9.17, 15) is 4.79 Å². The summed E-state index contributed by atoms with van der Waals surface area (Å²) in [5.74, 6) is 0.536. The van der Waals surface area contributed by atoms with Crippen molar-refractivity contribution in [3.63, 3.8) is 0 Å². The van der Waals surface area contributed by atoms with Gasteiger partial charge in [-0.25, -0.2) is 0 Å². The molecule has 0 saturated heterocycles. The summed E-state index contributed by atoms with van der Waals surface area (Å²) in [6.07, 6.45) is 6.01. The summed E-state index contributed by atoms with van der Waals surface area (Å²) in [5, 5.41) is 0. The van der Waals surface area contributed by atoms with Crippen LogP contribution in [-0.4, -0.2) is 19.0 Å². The second-order valence-corrected chi connectivity index (χ2v) is 5.12. The number of benzene rings is 1. The summed E-state index contributed by atoms with van der Waals surface area (Å²) in [5.41, 5.74) is 1.32. The van der Waals surface area contributed by atoms with Crippen molar-refractivity contribution in [2.45, 2.75) is 44.6 Å². The van der Waals surface area contributed by atoms with E-state index in [2.05, 4.69) is 24.3 Å². The van der Waals surface area contributed by atoms with E-state index in [0.29, 0.717) is 5.78 Å². The molecule has 1 aliphatic carbocycles. The van der Waals surface area contributed by atoms with Crippen molar-refractivity contribution < 1.29 is 9.53 Å². The van der Waals surface area contributed by atoms with Gasteiger partial charge in [0, 0.05) is 19.4 Å². The first kappa shape index (κ1) is 13.3. The second-order valence-electron chi connectivity index (χ2n) is 5.12. The lowest BCUT2D eigenvalue weighted by atomic mass is 9.82. The third-order valence-electron chi connectivity index (χ3n) is 3.91. The van der Waals surface area contributed by atoms with Crippen molar-refractivity contribution >= 4 is 5.78 Å². The Balaban J connectivity index is 1.90. The molecule has 2 rings (SSSR count). The highest BCUT2D eigenvalue weighted by Crippen LogP contribution is 2.27. The van der Waals surface area contributed by atoms with Crippen LogP contribution in [0.5, 0.6) is 0 Å². The lowest BCUT2D eigenvalue weighted by Gasteiger charge is -2.28. The highest BCUT2D eigenvalue weighted by molar-refractivity contribution is 5.82. The normalized spacial score (nSPS) is 21.8. The van der Waals surface area contributed by atoms with Gasteiger partial charge in [0.2, 0.25) is 0 Å². The van der Waals surface area contributed by atoms with Crippen LogP contribution in [0.3, 0.4) is 0 Å². The van der Waals surface area contributed by atoms with Gasteiger partial charge in [0.05, 0.1) is 6.10 Å². The van der Waals surface area contributed by atoms with Gasteiger partial charge in [-0.2, -0.15) is 0 Å². The number of aryl methyl sites for hydroxylation is 1. The zero-order chi connectivity index (χ0) is 12.8. The molecule has 0 aromatic heterocycles. The minimum Gasteiger partial charge on any atom is -0.381 e. The second kappa shape index (κ2) is 6.69. The molecule has 1 aromatic carbocycles. The number of carbonyl (C=O) groups is 1. The molecule has 0 radical (unpaired) electrons. The molecule has 1 saturated carbocycles. The van der Waals surface area contributed by atoms with Crippen LogP contribution in [0, 0.1) is 5.92 Å². The number of carbonyl (C=O) groups excluding carboxylic acids is 1. The SMILES string of the molecule is COC(CCc1ccccc1)C1CCCCC1=O. The molecule has 0 amide bonds. The maximum Gasteiger partial charge on any atom is 0.138 e. The van der Waals surface area contributed by atoms with E-state index in [4.69, 9.17) is 4.74 Å². The molecule has 0 aliphatic heterocycles. The Bertz CT molecular complexity index is 372. The Labute approximate surface area is 109 Å². The fraction of sp³-hybridized carbons (Fsp3) is 0.562. The van der Waals surface area contributed by atoms with E-state index in [1.807, 2.05) is 6.07 Å². The predicted molar refractivity (Wildman–Crippen MR) is 72.5 cm³/mol. The van der Waals surface area contributed by atoms with E-state index < -0.39 is 0 Å². The predicted octanol–water partition coefficient (Wildman–Crippen LogP) is 3.39. The Morgan fingerprint density at radius 2 is 2.06 bits per heavy atom. The summed E-state index contributed by atoms with van der Waals surface area (Å²) in [7, 11) is 1.73. The van der Waals surface area contributed by atoms with Gasteiger partial charge in [-0.05, 0) is 31.2 Å². The molecule has 2 nitrogen and oxygen atoms in total. The maximum absolute atomic E-state index is 11.9. The molecule has 0 bridgehead atoms. The van der Waals surface area contributed by atoms with Crippen LogP contribution in [0.1, 0.15) is 37.7 Å². The Hall–Kier alpha value is -1.15. The van der Waals surface area contributed by atoms with E-state index in [-0.39, 0.29) is 12.0 Å². The van der Waals surface area contributed by atoms with Crippen molar-refractivity contribution in [1.82, 2.24) is 0 Å². The number of Topliss-reactive ketones (excluding diaryl/α,β-unsaturated/α-hetero) is 1. The molecular weight excluding hydrogens is 224 g/mol. The summed E-state index contributed by atoms with van der Waals surface area (Å²) in [6, 6.07) is 10.4. The fourth-order valence-corrected chi connectivity index (χ4v) is 2.84. The third kappa shape index (κ3) is 3.42. The van der Waals surface area contributed by atoms with Gasteiger partial charge in [-0.3, -0.25) is 4.79 Å². The van der Waals surface area contributed by atoms with Gasteiger partial charge in [-0.15, -0.1) is 0 Å². The van der Waals surface area contributed by atoms with E-state index in [0.717, 1.165) is 32.1 Å². The molecule has 2 atom stereocenters. The van der Waals surface area contributed by atoms with Gasteiger partial charge in [0.1, 0.15) is 5.78 Å². The van der Waals surface area contributed by atoms with Crippen LogP contribution in [0.15, 0.2) is 30.3 Å². The average Bonchev–Trinajstić information content (AvgIpc) is 2.42. The molecule has 98 valence electrons. The number of rotatable bonds is 5. The highest BCUT2D eigenvalue weighted by Gasteiger charge is 2.29. The molecule has 1 aromatic rings. The molecule has 0 spiro atoms. The molecule has 2 heteroatoms. The standard InChI is InChI=1S/C16H22O2/c1-18-16(14-9-5-6-10-15(14)17)12-11-13-7-3-2-4-8-13/h2-4,7-8,14,16H,5-6,9-12H2,1H3. The van der Waals surface area contributed by atoms with Crippen molar-refractivity contribution in [2.24, 2.45) is 5.92 Å². The summed E-state index contributed by atoms with van der Waals surface area (Å²) in [4.78, 5) is 11.9. The van der Waals surface area contributed by atoms with Crippen molar-refractivity contribution in [2.75, 3.05) is 7.11 Å². The largest absolute Gasteiger partial charge is 0.381 e. The zero-order valence-electron chi connectivity index (χ0n) is 11.1. The monoisotopic (exact) mass is 246 g/mol. The van der Waals surface area contributed by atoms with Crippen LogP contribution < -0.4 is 0 Å². The Morgan fingerprint density at radius 3 is 2.72 bits per heavy atom. The first-order chi connectivity index (χ1) is 8.81. The summed E-state index contributed by atoms with van der Waals surface area (Å²) < 4.78 is 5.56. The smallest absolute Gasteiger partial charge is 0.138 e. The van der Waals surface area contributed by atoms with Crippen LogP contribution >= 0.6 is 0 Å². The molecule has 1 aliphatic rings. The van der Waals surface area contributed by atoms with Crippen LogP contribution in [0.4, 0.5) is 0 Å². The molecule has 2 unspecified atom stereocenters. The first-order valence-corrected chi connectivity index (χ1v) is 6.90. The number of ketones is 1. The molecule has 0 N–H and O–H groups in total. The number of methoxy groups -OCH3 is 1. The fourth-order valence-electron chi connectivity index (χ4n) is 2.84.